The molecule has 0 amide bonds. The third kappa shape index (κ3) is 7.45. The second-order valence-corrected chi connectivity index (χ2v) is 2.85. The summed E-state index contributed by atoms with van der Waals surface area (Å²) in [5, 5.41) is 0. The number of hydrogen-bond donors (Lipinski definition) is 0. The van der Waals surface area contributed by atoms with Gasteiger partial charge in [0.1, 0.15) is 0 Å². The van der Waals surface area contributed by atoms with Gasteiger partial charge >= 0.3 is 0 Å². The van der Waals surface area contributed by atoms with Crippen LogP contribution >= 0.6 is 0 Å². The number of aliphatic imine (C=N–C) groups is 2. The van der Waals surface area contributed by atoms with Crippen molar-refractivity contribution in [1.82, 2.24) is 0 Å². The number of hydrogen-bond acceptors (Lipinski definition) is 2. The molecule has 0 heterocycles. The van der Waals surface area contributed by atoms with Gasteiger partial charge in [-0.05, 0) is 32.2 Å². The monoisotopic (exact) mass is 234 g/mol. The fourth-order valence-corrected chi connectivity index (χ4v) is 0.977. The van der Waals surface area contributed by atoms with E-state index in [0.717, 1.165) is 23.5 Å². The van der Waals surface area contributed by atoms with Crippen LogP contribution in [0.25, 0.3) is 0 Å². The molecule has 17 heavy (non-hydrogen) atoms. The van der Waals surface area contributed by atoms with E-state index in [1.54, 1.807) is 0 Å². The molecule has 0 aliphatic heterocycles. The van der Waals surface area contributed by atoms with Gasteiger partial charge in [-0.25, -0.2) is 0 Å². The minimum Gasteiger partial charge on any atom is -0.262 e. The Morgan fingerprint density at radius 3 is 1.94 bits per heavy atom. The highest BCUT2D eigenvalue weighted by Crippen LogP contribution is 2.26. The predicted molar refractivity (Wildman–Crippen MR) is 81.4 cm³/mol. The minimum atomic E-state index is 0.843. The minimum absolute atomic E-state index is 0.843. The Morgan fingerprint density at radius 2 is 1.53 bits per heavy atom. The summed E-state index contributed by atoms with van der Waals surface area (Å²) in [6.45, 7) is 15.6. The first-order valence-electron chi connectivity index (χ1n) is 6.38. The van der Waals surface area contributed by atoms with Crippen LogP contribution in [0.2, 0.25) is 0 Å². The average molecular weight is 234 g/mol. The fourth-order valence-electron chi connectivity index (χ4n) is 0.977. The van der Waals surface area contributed by atoms with E-state index < -0.39 is 0 Å². The zero-order chi connectivity index (χ0) is 13.7. The second-order valence-electron chi connectivity index (χ2n) is 2.85. The maximum Gasteiger partial charge on any atom is 0.0885 e. The molecule has 0 atom stereocenters. The van der Waals surface area contributed by atoms with Gasteiger partial charge in [0.2, 0.25) is 0 Å². The highest BCUT2D eigenvalue weighted by Gasteiger charge is 1.96. The first-order chi connectivity index (χ1) is 8.27. The summed E-state index contributed by atoms with van der Waals surface area (Å²) < 4.78 is 0. The summed E-state index contributed by atoms with van der Waals surface area (Å²) in [4.78, 5) is 8.33. The van der Waals surface area contributed by atoms with Crippen LogP contribution in [0.4, 0.5) is 11.4 Å². The van der Waals surface area contributed by atoms with Crippen LogP contribution in [0.3, 0.4) is 0 Å². The van der Waals surface area contributed by atoms with Crippen molar-refractivity contribution in [2.75, 3.05) is 0 Å². The zero-order valence-corrected chi connectivity index (χ0v) is 12.1. The van der Waals surface area contributed by atoms with Gasteiger partial charge in [-0.1, -0.05) is 46.8 Å². The van der Waals surface area contributed by atoms with E-state index in [0.29, 0.717) is 0 Å². The van der Waals surface area contributed by atoms with Crippen molar-refractivity contribution in [3.63, 3.8) is 0 Å². The Labute approximate surface area is 107 Å². The van der Waals surface area contributed by atoms with E-state index in [-0.39, 0.29) is 0 Å². The molecule has 0 unspecified atom stereocenters. The summed E-state index contributed by atoms with van der Waals surface area (Å²) in [7, 11) is 0. The van der Waals surface area contributed by atoms with Gasteiger partial charge in [-0.2, -0.15) is 0 Å². The van der Waals surface area contributed by atoms with Crippen molar-refractivity contribution in [3.05, 3.63) is 24.3 Å². The van der Waals surface area contributed by atoms with Gasteiger partial charge in [0.25, 0.3) is 0 Å². The summed E-state index contributed by atoms with van der Waals surface area (Å²) in [5.74, 6) is 0. The quantitative estimate of drug-likeness (QED) is 0.610. The third-order valence-electron chi connectivity index (χ3n) is 1.88. The Morgan fingerprint density at radius 1 is 1.06 bits per heavy atom. The normalized spacial score (nSPS) is 9.41. The molecule has 0 fully saturated rings. The highest BCUT2D eigenvalue weighted by molar-refractivity contribution is 5.86. The van der Waals surface area contributed by atoms with Crippen LogP contribution in [-0.2, 0) is 0 Å². The van der Waals surface area contributed by atoms with E-state index in [1.165, 1.54) is 0 Å². The second kappa shape index (κ2) is 12.6. The molecule has 0 radical (unpaired) electrons. The smallest absolute Gasteiger partial charge is 0.0885 e. The van der Waals surface area contributed by atoms with Crippen molar-refractivity contribution < 1.29 is 0 Å². The molecule has 0 aliphatic carbocycles. The Hall–Kier alpha value is -1.44. The SMILES string of the molecule is C=Nc1ccccc1N=C(C)CC.CC.CC. The highest BCUT2D eigenvalue weighted by atomic mass is 14.8. The van der Waals surface area contributed by atoms with Gasteiger partial charge in [0.15, 0.2) is 0 Å². The molecule has 0 bridgehead atoms. The van der Waals surface area contributed by atoms with Gasteiger partial charge in [-0.15, -0.1) is 0 Å². The van der Waals surface area contributed by atoms with Crippen molar-refractivity contribution in [1.29, 1.82) is 0 Å². The van der Waals surface area contributed by atoms with Crippen molar-refractivity contribution in [2.45, 2.75) is 48.0 Å². The Balaban J connectivity index is 0. The molecule has 0 aliphatic rings. The van der Waals surface area contributed by atoms with E-state index in [1.807, 2.05) is 58.9 Å². The van der Waals surface area contributed by atoms with Gasteiger partial charge in [0.05, 0.1) is 11.4 Å². The summed E-state index contributed by atoms with van der Waals surface area (Å²) in [6, 6.07) is 7.75. The van der Waals surface area contributed by atoms with Crippen LogP contribution < -0.4 is 0 Å². The first-order valence-corrected chi connectivity index (χ1v) is 6.38. The molecule has 0 saturated carbocycles. The summed E-state index contributed by atoms with van der Waals surface area (Å²) in [6.07, 6.45) is 0.964. The van der Waals surface area contributed by atoms with Gasteiger partial charge in [-0.3, -0.25) is 9.98 Å². The van der Waals surface area contributed by atoms with Crippen molar-refractivity contribution >= 4 is 23.8 Å². The lowest BCUT2D eigenvalue weighted by Gasteiger charge is -2.00. The van der Waals surface area contributed by atoms with Gasteiger partial charge < -0.3 is 0 Å². The first kappa shape index (κ1) is 17.9. The maximum atomic E-state index is 4.43. The standard InChI is InChI=1S/C11H14N2.2C2H6/c1-4-9(2)13-11-8-6-5-7-10(11)12-3;2*1-2/h5-8H,3-4H2,1-2H3;2*1-2H3. The molecular weight excluding hydrogens is 208 g/mol. The molecule has 0 saturated heterocycles. The van der Waals surface area contributed by atoms with Crippen molar-refractivity contribution in [2.24, 2.45) is 9.98 Å². The van der Waals surface area contributed by atoms with Crippen molar-refractivity contribution in [3.8, 4) is 0 Å². The fraction of sp³-hybridized carbons (Fsp3) is 0.467. The molecule has 2 heteroatoms. The molecule has 2 nitrogen and oxygen atoms in total. The third-order valence-corrected chi connectivity index (χ3v) is 1.88. The zero-order valence-electron chi connectivity index (χ0n) is 12.1. The van der Waals surface area contributed by atoms with Crippen LogP contribution in [0.5, 0.6) is 0 Å². The van der Waals surface area contributed by atoms with E-state index in [2.05, 4.69) is 23.6 Å². The molecule has 0 aromatic heterocycles. The number of rotatable bonds is 3. The van der Waals surface area contributed by atoms with Crippen LogP contribution in [-0.4, -0.2) is 12.4 Å². The molecule has 96 valence electrons. The number of benzene rings is 1. The maximum absolute atomic E-state index is 4.43. The molecular formula is C15H26N2. The molecule has 1 rings (SSSR count). The molecule has 1 aromatic carbocycles. The lowest BCUT2D eigenvalue weighted by Crippen LogP contribution is -1.84. The summed E-state index contributed by atoms with van der Waals surface area (Å²) >= 11 is 0. The van der Waals surface area contributed by atoms with E-state index in [9.17, 15) is 0 Å². The molecule has 0 N–H and O–H groups in total. The largest absolute Gasteiger partial charge is 0.262 e. The lowest BCUT2D eigenvalue weighted by molar-refractivity contribution is 1.25. The van der Waals surface area contributed by atoms with E-state index >= 15 is 0 Å². The lowest BCUT2D eigenvalue weighted by atomic mass is 10.2. The van der Waals surface area contributed by atoms with Crippen LogP contribution in [0.1, 0.15) is 48.0 Å². The van der Waals surface area contributed by atoms with Crippen LogP contribution in [0.15, 0.2) is 34.3 Å². The average Bonchev–Trinajstić information content (AvgIpc) is 2.43. The summed E-state index contributed by atoms with van der Waals surface area (Å²) in [5.41, 5.74) is 2.85. The Bertz CT molecular complexity index is 327. The molecule has 1 aromatic rings. The van der Waals surface area contributed by atoms with Crippen LogP contribution in [0, 0.1) is 0 Å². The number of para-hydroxylation sites is 2. The number of nitrogens with zero attached hydrogens (tertiary/aromatic N) is 2. The Kier molecular flexibility index (Phi) is 13.3. The predicted octanol–water partition coefficient (Wildman–Crippen LogP) is 5.57. The van der Waals surface area contributed by atoms with Gasteiger partial charge in [0, 0.05) is 5.71 Å². The molecule has 0 spiro atoms. The topological polar surface area (TPSA) is 24.7 Å². The van der Waals surface area contributed by atoms with E-state index in [4.69, 9.17) is 0 Å².